The summed E-state index contributed by atoms with van der Waals surface area (Å²) in [5.41, 5.74) is -0.598. The van der Waals surface area contributed by atoms with E-state index in [-0.39, 0.29) is 11.1 Å². The van der Waals surface area contributed by atoms with Crippen molar-refractivity contribution in [1.82, 2.24) is 4.90 Å². The highest BCUT2D eigenvalue weighted by Gasteiger charge is 2.35. The molecule has 0 aromatic heterocycles. The molecule has 1 aromatic carbocycles. The van der Waals surface area contributed by atoms with Gasteiger partial charge in [0.25, 0.3) is 0 Å². The molecular formula is C13H16Cl2FNO2. The molecule has 0 bridgehead atoms. The van der Waals surface area contributed by atoms with Gasteiger partial charge in [0.1, 0.15) is 11.4 Å². The molecule has 1 unspecified atom stereocenters. The third kappa shape index (κ3) is 3.19. The molecule has 106 valence electrons. The maximum Gasteiger partial charge on any atom is 0.323 e. The lowest BCUT2D eigenvalue weighted by atomic mass is 9.98. The zero-order valence-corrected chi connectivity index (χ0v) is 12.7. The van der Waals surface area contributed by atoms with Crippen LogP contribution in [0.25, 0.3) is 0 Å². The van der Waals surface area contributed by atoms with E-state index in [9.17, 15) is 14.3 Å². The number of carbonyl (C=O) groups is 1. The van der Waals surface area contributed by atoms with Gasteiger partial charge < -0.3 is 5.11 Å². The van der Waals surface area contributed by atoms with Gasteiger partial charge in [-0.3, -0.25) is 9.69 Å². The number of likely N-dealkylation sites (N-methyl/N-ethyl adjacent to an activating group) is 1. The summed E-state index contributed by atoms with van der Waals surface area (Å²) in [5.74, 6) is -1.54. The van der Waals surface area contributed by atoms with Crippen molar-refractivity contribution in [2.45, 2.75) is 32.4 Å². The molecule has 0 heterocycles. The topological polar surface area (TPSA) is 40.5 Å². The monoisotopic (exact) mass is 307 g/mol. The molecule has 0 saturated carbocycles. The first kappa shape index (κ1) is 16.2. The Labute approximate surface area is 121 Å². The predicted molar refractivity (Wildman–Crippen MR) is 74.3 cm³/mol. The van der Waals surface area contributed by atoms with Gasteiger partial charge in [-0.1, -0.05) is 23.2 Å². The van der Waals surface area contributed by atoms with Crippen LogP contribution in [-0.4, -0.2) is 28.6 Å². The Kier molecular flexibility index (Phi) is 4.82. The Morgan fingerprint density at radius 3 is 2.37 bits per heavy atom. The van der Waals surface area contributed by atoms with E-state index in [2.05, 4.69) is 0 Å². The quantitative estimate of drug-likeness (QED) is 0.855. The molecule has 6 heteroatoms. The first-order valence-corrected chi connectivity index (χ1v) is 6.45. The Morgan fingerprint density at radius 1 is 1.37 bits per heavy atom. The van der Waals surface area contributed by atoms with E-state index >= 15 is 0 Å². The highest BCUT2D eigenvalue weighted by Crippen LogP contribution is 2.33. The molecule has 1 rings (SSSR count). The van der Waals surface area contributed by atoms with E-state index in [0.29, 0.717) is 10.6 Å². The number of hydrogen-bond donors (Lipinski definition) is 1. The van der Waals surface area contributed by atoms with Crippen molar-refractivity contribution >= 4 is 29.2 Å². The van der Waals surface area contributed by atoms with Crippen LogP contribution in [0, 0.1) is 5.82 Å². The van der Waals surface area contributed by atoms with E-state index in [0.717, 1.165) is 0 Å². The first-order chi connectivity index (χ1) is 8.59. The van der Waals surface area contributed by atoms with Crippen LogP contribution in [0.15, 0.2) is 12.1 Å². The number of hydrogen-bond acceptors (Lipinski definition) is 2. The fraction of sp³-hybridized carbons (Fsp3) is 0.462. The molecule has 0 spiro atoms. The normalized spacial score (nSPS) is 13.7. The summed E-state index contributed by atoms with van der Waals surface area (Å²) >= 11 is 11.7. The van der Waals surface area contributed by atoms with Crippen LogP contribution in [0.3, 0.4) is 0 Å². The number of carboxylic acid groups (broad SMARTS) is 1. The lowest BCUT2D eigenvalue weighted by Crippen LogP contribution is -2.48. The van der Waals surface area contributed by atoms with Crippen LogP contribution in [-0.2, 0) is 4.79 Å². The van der Waals surface area contributed by atoms with Crippen LogP contribution in [0.4, 0.5) is 4.39 Å². The van der Waals surface area contributed by atoms with Gasteiger partial charge in [0.2, 0.25) is 0 Å². The Bertz CT molecular complexity index is 506. The van der Waals surface area contributed by atoms with Crippen LogP contribution in [0.2, 0.25) is 10.0 Å². The van der Waals surface area contributed by atoms with Gasteiger partial charge >= 0.3 is 5.97 Å². The van der Waals surface area contributed by atoms with Crippen molar-refractivity contribution in [1.29, 1.82) is 0 Å². The van der Waals surface area contributed by atoms with Gasteiger partial charge in [-0.2, -0.15) is 0 Å². The van der Waals surface area contributed by atoms with E-state index in [1.165, 1.54) is 12.1 Å². The molecule has 1 aromatic rings. The second-order valence-electron chi connectivity index (χ2n) is 4.94. The summed E-state index contributed by atoms with van der Waals surface area (Å²) in [5, 5.41) is 9.46. The number of carboxylic acids is 1. The van der Waals surface area contributed by atoms with Crippen molar-refractivity contribution in [3.05, 3.63) is 33.6 Å². The molecule has 0 fully saturated rings. The van der Waals surface area contributed by atoms with Gasteiger partial charge in [0, 0.05) is 11.1 Å². The molecule has 1 N–H and O–H groups in total. The van der Waals surface area contributed by atoms with Gasteiger partial charge in [-0.05, 0) is 45.5 Å². The van der Waals surface area contributed by atoms with Crippen molar-refractivity contribution in [2.24, 2.45) is 0 Å². The number of nitrogens with zero attached hydrogens (tertiary/aromatic N) is 1. The van der Waals surface area contributed by atoms with Crippen LogP contribution in [0.5, 0.6) is 0 Å². The zero-order valence-electron chi connectivity index (χ0n) is 11.2. The highest BCUT2D eigenvalue weighted by atomic mass is 35.5. The first-order valence-electron chi connectivity index (χ1n) is 5.69. The van der Waals surface area contributed by atoms with Crippen molar-refractivity contribution in [2.75, 3.05) is 7.05 Å². The minimum atomic E-state index is -1.10. The molecule has 19 heavy (non-hydrogen) atoms. The standard InChI is InChI=1S/C13H16Cl2FNO2/c1-7(17(4)13(2,3)12(18)19)8-5-11(16)10(15)6-9(8)14/h5-7H,1-4H3,(H,18,19). The number of halogens is 3. The lowest BCUT2D eigenvalue weighted by Gasteiger charge is -2.36. The lowest BCUT2D eigenvalue weighted by molar-refractivity contribution is -0.149. The predicted octanol–water partition coefficient (Wildman–Crippen LogP) is 3.99. The fourth-order valence-corrected chi connectivity index (χ4v) is 2.24. The van der Waals surface area contributed by atoms with Crippen molar-refractivity contribution < 1.29 is 14.3 Å². The minimum Gasteiger partial charge on any atom is -0.480 e. The van der Waals surface area contributed by atoms with Gasteiger partial charge in [-0.25, -0.2) is 4.39 Å². The summed E-state index contributed by atoms with van der Waals surface area (Å²) < 4.78 is 13.5. The summed E-state index contributed by atoms with van der Waals surface area (Å²) in [6.07, 6.45) is 0. The summed E-state index contributed by atoms with van der Waals surface area (Å²) in [7, 11) is 1.65. The minimum absolute atomic E-state index is 0.0545. The molecule has 0 aliphatic carbocycles. The van der Waals surface area contributed by atoms with Gasteiger partial charge in [0.15, 0.2) is 0 Å². The second kappa shape index (κ2) is 5.65. The molecule has 0 aliphatic rings. The maximum atomic E-state index is 13.5. The molecular weight excluding hydrogens is 292 g/mol. The third-order valence-corrected chi connectivity index (χ3v) is 4.09. The maximum absolute atomic E-state index is 13.5. The van der Waals surface area contributed by atoms with E-state index in [1.54, 1.807) is 32.7 Å². The van der Waals surface area contributed by atoms with Gasteiger partial charge in [-0.15, -0.1) is 0 Å². The van der Waals surface area contributed by atoms with Gasteiger partial charge in [0.05, 0.1) is 5.02 Å². The second-order valence-corrected chi connectivity index (χ2v) is 5.75. The summed E-state index contributed by atoms with van der Waals surface area (Å²) in [6.45, 7) is 4.91. The Morgan fingerprint density at radius 2 is 1.89 bits per heavy atom. The molecule has 3 nitrogen and oxygen atoms in total. The smallest absolute Gasteiger partial charge is 0.323 e. The molecule has 1 atom stereocenters. The zero-order chi connectivity index (χ0) is 15.0. The molecule has 0 radical (unpaired) electrons. The van der Waals surface area contributed by atoms with E-state index in [1.807, 2.05) is 0 Å². The number of rotatable bonds is 4. The van der Waals surface area contributed by atoms with Crippen LogP contribution >= 0.6 is 23.2 Å². The Balaban J connectivity index is 3.17. The number of benzene rings is 1. The third-order valence-electron chi connectivity index (χ3n) is 3.48. The molecule has 0 amide bonds. The van der Waals surface area contributed by atoms with E-state index < -0.39 is 17.3 Å². The van der Waals surface area contributed by atoms with Crippen LogP contribution in [0.1, 0.15) is 32.4 Å². The Hall–Kier alpha value is -0.840. The van der Waals surface area contributed by atoms with Crippen LogP contribution < -0.4 is 0 Å². The average Bonchev–Trinajstić information content (AvgIpc) is 2.31. The average molecular weight is 308 g/mol. The van der Waals surface area contributed by atoms with Crippen molar-refractivity contribution in [3.63, 3.8) is 0 Å². The largest absolute Gasteiger partial charge is 0.480 e. The van der Waals surface area contributed by atoms with E-state index in [4.69, 9.17) is 23.2 Å². The highest BCUT2D eigenvalue weighted by molar-refractivity contribution is 6.35. The SMILES string of the molecule is CC(c1cc(F)c(Cl)cc1Cl)N(C)C(C)(C)C(=O)O. The summed E-state index contributed by atoms with van der Waals surface area (Å²) in [4.78, 5) is 12.8. The summed E-state index contributed by atoms with van der Waals surface area (Å²) in [6, 6.07) is 2.20. The van der Waals surface area contributed by atoms with Crippen molar-refractivity contribution in [3.8, 4) is 0 Å². The molecule has 0 aliphatic heterocycles. The fourth-order valence-electron chi connectivity index (χ4n) is 1.70. The number of aliphatic carboxylic acids is 1. The molecule has 0 saturated heterocycles.